The summed E-state index contributed by atoms with van der Waals surface area (Å²) >= 11 is 0. The van der Waals surface area contributed by atoms with E-state index in [-0.39, 0.29) is 34.6 Å². The van der Waals surface area contributed by atoms with Crippen LogP contribution in [0, 0.1) is 23.0 Å². The Kier molecular flexibility index (Phi) is 8.24. The summed E-state index contributed by atoms with van der Waals surface area (Å²) < 4.78 is 34.2. The minimum absolute atomic E-state index is 0.0580. The molecule has 0 spiro atoms. The van der Waals surface area contributed by atoms with Gasteiger partial charge in [-0.05, 0) is 70.9 Å². The lowest BCUT2D eigenvalue weighted by Crippen LogP contribution is -2.49. The second-order valence-corrected chi connectivity index (χ2v) is 11.3. The number of benzene rings is 1. The van der Waals surface area contributed by atoms with Crippen LogP contribution in [-0.2, 0) is 4.74 Å². The van der Waals surface area contributed by atoms with Crippen molar-refractivity contribution in [2.24, 2.45) is 0 Å². The van der Waals surface area contributed by atoms with Crippen LogP contribution in [0.25, 0.3) is 11.1 Å². The number of carbonyl (C=O) groups is 2. The number of halogens is 2. The lowest BCUT2D eigenvalue weighted by Gasteiger charge is -2.30. The number of rotatable bonds is 6. The van der Waals surface area contributed by atoms with Crippen molar-refractivity contribution in [1.29, 1.82) is 5.26 Å². The predicted octanol–water partition coefficient (Wildman–Crippen LogP) is 5.28. The summed E-state index contributed by atoms with van der Waals surface area (Å²) in [7, 11) is 0. The van der Waals surface area contributed by atoms with Gasteiger partial charge in [0.1, 0.15) is 29.0 Å². The summed E-state index contributed by atoms with van der Waals surface area (Å²) in [6.07, 6.45) is 2.78. The molecule has 1 aliphatic heterocycles. The Labute approximate surface area is 237 Å². The summed E-state index contributed by atoms with van der Waals surface area (Å²) in [6.45, 7) is 9.49. The number of pyridine rings is 2. The van der Waals surface area contributed by atoms with Crippen molar-refractivity contribution in [3.05, 3.63) is 77.4 Å². The van der Waals surface area contributed by atoms with Crippen LogP contribution >= 0.6 is 0 Å². The van der Waals surface area contributed by atoms with E-state index in [0.717, 1.165) is 18.2 Å². The van der Waals surface area contributed by atoms with Gasteiger partial charge in [-0.15, -0.1) is 0 Å². The zero-order chi connectivity index (χ0) is 29.9. The Morgan fingerprint density at radius 2 is 1.88 bits per heavy atom. The number of ether oxygens (including phenoxy) is 1. The highest BCUT2D eigenvalue weighted by molar-refractivity contribution is 6.04. The number of anilines is 1. The number of nitrogens with one attached hydrogen (secondary N) is 2. The summed E-state index contributed by atoms with van der Waals surface area (Å²) in [5.74, 6) is -2.19. The molecule has 1 aromatic carbocycles. The molecule has 1 unspecified atom stereocenters. The van der Waals surface area contributed by atoms with E-state index in [4.69, 9.17) is 4.74 Å². The molecular weight excluding hydrogens is 530 g/mol. The number of alkyl carbamates (subject to hydrolysis) is 1. The van der Waals surface area contributed by atoms with E-state index in [2.05, 4.69) is 20.6 Å². The van der Waals surface area contributed by atoms with Crippen LogP contribution in [-0.4, -0.2) is 46.2 Å². The highest BCUT2D eigenvalue weighted by atomic mass is 19.1. The summed E-state index contributed by atoms with van der Waals surface area (Å²) in [5.41, 5.74) is -0.379. The molecule has 214 valence electrons. The van der Waals surface area contributed by atoms with Crippen LogP contribution in [0.4, 0.5) is 19.3 Å². The SMILES string of the molecule is C[C@H](NC(=O)c1cnc(C#N)c(-c2cc(F)cc(F)c2)c1N1CCC(C)(NC(=O)OC(C)(C)C)C1)c1ccccn1. The second-order valence-electron chi connectivity index (χ2n) is 11.3. The van der Waals surface area contributed by atoms with Gasteiger partial charge in [-0.25, -0.2) is 18.6 Å². The van der Waals surface area contributed by atoms with E-state index in [0.29, 0.717) is 18.7 Å². The normalized spacial score (nSPS) is 17.5. The maximum absolute atomic E-state index is 14.4. The largest absolute Gasteiger partial charge is 0.444 e. The van der Waals surface area contributed by atoms with Gasteiger partial charge in [-0.1, -0.05) is 6.07 Å². The number of aromatic nitrogens is 2. The minimum atomic E-state index is -0.841. The zero-order valence-corrected chi connectivity index (χ0v) is 23.6. The van der Waals surface area contributed by atoms with E-state index in [9.17, 15) is 23.6 Å². The smallest absolute Gasteiger partial charge is 0.408 e. The monoisotopic (exact) mass is 562 g/mol. The maximum atomic E-state index is 14.4. The van der Waals surface area contributed by atoms with Crippen LogP contribution in [0.15, 0.2) is 48.8 Å². The van der Waals surface area contributed by atoms with Crippen molar-refractivity contribution in [1.82, 2.24) is 20.6 Å². The number of amides is 2. The van der Waals surface area contributed by atoms with Crippen molar-refractivity contribution in [3.8, 4) is 17.2 Å². The van der Waals surface area contributed by atoms with Crippen molar-refractivity contribution in [2.75, 3.05) is 18.0 Å². The minimum Gasteiger partial charge on any atom is -0.444 e. The average Bonchev–Trinajstić information content (AvgIpc) is 3.27. The van der Waals surface area contributed by atoms with E-state index in [1.54, 1.807) is 52.1 Å². The third-order valence-corrected chi connectivity index (χ3v) is 6.62. The summed E-state index contributed by atoms with van der Waals surface area (Å²) in [5, 5.41) is 15.8. The average molecular weight is 563 g/mol. The van der Waals surface area contributed by atoms with Crippen LogP contribution < -0.4 is 15.5 Å². The molecule has 3 heterocycles. The summed E-state index contributed by atoms with van der Waals surface area (Å²) in [4.78, 5) is 36.6. The first kappa shape index (κ1) is 29.4. The van der Waals surface area contributed by atoms with Gasteiger partial charge in [-0.3, -0.25) is 9.78 Å². The fraction of sp³-hybridized carbons (Fsp3) is 0.367. The first-order valence-electron chi connectivity index (χ1n) is 13.2. The molecule has 1 saturated heterocycles. The third-order valence-electron chi connectivity index (χ3n) is 6.62. The number of hydrogen-bond acceptors (Lipinski definition) is 7. The third kappa shape index (κ3) is 6.95. The molecule has 2 atom stereocenters. The number of hydrogen-bond donors (Lipinski definition) is 2. The Balaban J connectivity index is 1.79. The molecule has 1 aliphatic rings. The van der Waals surface area contributed by atoms with E-state index in [1.165, 1.54) is 6.20 Å². The summed E-state index contributed by atoms with van der Waals surface area (Å²) in [6, 6.07) is 9.78. The van der Waals surface area contributed by atoms with Crippen molar-refractivity contribution in [3.63, 3.8) is 0 Å². The fourth-order valence-corrected chi connectivity index (χ4v) is 4.84. The molecule has 4 rings (SSSR count). The van der Waals surface area contributed by atoms with Crippen LogP contribution in [0.1, 0.15) is 68.8 Å². The molecule has 41 heavy (non-hydrogen) atoms. The van der Waals surface area contributed by atoms with Crippen molar-refractivity contribution < 1.29 is 23.1 Å². The quantitative estimate of drug-likeness (QED) is 0.420. The van der Waals surface area contributed by atoms with Gasteiger partial charge >= 0.3 is 6.09 Å². The number of nitriles is 1. The maximum Gasteiger partial charge on any atom is 0.408 e. The van der Waals surface area contributed by atoms with Gasteiger partial charge < -0.3 is 20.3 Å². The molecular formula is C30H32F2N6O3. The van der Waals surface area contributed by atoms with E-state index >= 15 is 0 Å². The fourth-order valence-electron chi connectivity index (χ4n) is 4.84. The lowest BCUT2D eigenvalue weighted by atomic mass is 9.97. The van der Waals surface area contributed by atoms with Crippen LogP contribution in [0.5, 0.6) is 0 Å². The van der Waals surface area contributed by atoms with Gasteiger partial charge in [0.25, 0.3) is 5.91 Å². The Bertz CT molecular complexity index is 1480. The molecule has 0 saturated carbocycles. The van der Waals surface area contributed by atoms with Crippen molar-refractivity contribution in [2.45, 2.75) is 58.2 Å². The highest BCUT2D eigenvalue weighted by Crippen LogP contribution is 2.40. The molecule has 0 bridgehead atoms. The second kappa shape index (κ2) is 11.5. The first-order valence-corrected chi connectivity index (χ1v) is 13.2. The first-order chi connectivity index (χ1) is 19.3. The Hall–Kier alpha value is -4.59. The van der Waals surface area contributed by atoms with Crippen molar-refractivity contribution >= 4 is 17.7 Å². The molecule has 3 aromatic rings. The molecule has 2 N–H and O–H groups in total. The number of nitrogens with zero attached hydrogens (tertiary/aromatic N) is 4. The molecule has 11 heteroatoms. The van der Waals surface area contributed by atoms with E-state index in [1.807, 2.05) is 17.9 Å². The number of carbonyl (C=O) groups excluding carboxylic acids is 2. The molecule has 9 nitrogen and oxygen atoms in total. The topological polar surface area (TPSA) is 120 Å². The molecule has 1 fully saturated rings. The molecule has 2 amide bonds. The molecule has 2 aromatic heterocycles. The zero-order valence-electron chi connectivity index (χ0n) is 23.6. The predicted molar refractivity (Wildman–Crippen MR) is 149 cm³/mol. The van der Waals surface area contributed by atoms with Gasteiger partial charge in [0.15, 0.2) is 0 Å². The standard InChI is InChI=1S/C30H32F2N6O3/c1-18(23-8-6-7-10-34-23)36-27(39)22-16-35-24(15-33)25(19-12-20(31)14-21(32)13-19)26(22)38-11-9-30(5,17-38)37-28(40)41-29(2,3)4/h6-8,10,12-14,16,18H,9,11,17H2,1-5H3,(H,36,39)(H,37,40)/t18-,30?/m0/s1. The van der Waals surface area contributed by atoms with Crippen LogP contribution in [0.2, 0.25) is 0 Å². The van der Waals surface area contributed by atoms with Gasteiger partial charge in [0.05, 0.1) is 28.5 Å². The molecule has 0 radical (unpaired) electrons. The highest BCUT2D eigenvalue weighted by Gasteiger charge is 2.39. The Morgan fingerprint density at radius 1 is 1.17 bits per heavy atom. The van der Waals surface area contributed by atoms with E-state index < -0.39 is 40.8 Å². The Morgan fingerprint density at radius 3 is 2.49 bits per heavy atom. The van der Waals surface area contributed by atoms with Gasteiger partial charge in [-0.2, -0.15) is 5.26 Å². The lowest BCUT2D eigenvalue weighted by molar-refractivity contribution is 0.0473. The van der Waals surface area contributed by atoms with Crippen LogP contribution in [0.3, 0.4) is 0 Å². The molecule has 0 aliphatic carbocycles. The van der Waals surface area contributed by atoms with Gasteiger partial charge in [0, 0.05) is 37.1 Å². The van der Waals surface area contributed by atoms with Gasteiger partial charge in [0.2, 0.25) is 0 Å².